The summed E-state index contributed by atoms with van der Waals surface area (Å²) in [4.78, 5) is 0.0716. The van der Waals surface area contributed by atoms with Gasteiger partial charge in [-0.25, -0.2) is 13.1 Å². The lowest BCUT2D eigenvalue weighted by Crippen LogP contribution is -2.32. The van der Waals surface area contributed by atoms with Crippen LogP contribution in [0, 0.1) is 11.3 Å². The molecule has 0 spiro atoms. The van der Waals surface area contributed by atoms with E-state index in [1.165, 1.54) is 12.4 Å². The lowest BCUT2D eigenvalue weighted by Gasteiger charge is -2.08. The van der Waals surface area contributed by atoms with Gasteiger partial charge in [-0.1, -0.05) is 0 Å². The molecule has 0 bridgehead atoms. The van der Waals surface area contributed by atoms with Gasteiger partial charge in [0, 0.05) is 12.2 Å². The summed E-state index contributed by atoms with van der Waals surface area (Å²) >= 11 is 0. The molecule has 0 aliphatic rings. The van der Waals surface area contributed by atoms with Gasteiger partial charge in [-0.05, 0) is 6.92 Å². The Morgan fingerprint density at radius 3 is 3.00 bits per heavy atom. The van der Waals surface area contributed by atoms with Gasteiger partial charge >= 0.3 is 0 Å². The van der Waals surface area contributed by atoms with Crippen LogP contribution in [0.15, 0.2) is 17.3 Å². The summed E-state index contributed by atoms with van der Waals surface area (Å²) < 4.78 is 25.3. The van der Waals surface area contributed by atoms with E-state index in [-0.39, 0.29) is 11.3 Å². The highest BCUT2D eigenvalue weighted by Gasteiger charge is 2.17. The quantitative estimate of drug-likeness (QED) is 0.736. The standard InChI is InChI=1S/C7H10N4O2S/c1-6(2-3-8)11-14(12,13)7-4-9-10-5-7/h4-6,11H,2H2,1H3,(H,9,10). The SMILES string of the molecule is CC(CC#N)NS(=O)(=O)c1cn[nH]c1. The highest BCUT2D eigenvalue weighted by molar-refractivity contribution is 7.89. The molecule has 1 heterocycles. The number of hydrogen-bond donors (Lipinski definition) is 2. The Morgan fingerprint density at radius 2 is 2.50 bits per heavy atom. The van der Waals surface area contributed by atoms with E-state index in [9.17, 15) is 8.42 Å². The maximum absolute atomic E-state index is 11.5. The molecular weight excluding hydrogens is 204 g/mol. The predicted molar refractivity (Wildman–Crippen MR) is 48.6 cm³/mol. The maximum atomic E-state index is 11.5. The minimum absolute atomic E-state index is 0.0716. The minimum atomic E-state index is -3.53. The molecule has 1 aromatic rings. The van der Waals surface area contributed by atoms with E-state index in [4.69, 9.17) is 5.26 Å². The zero-order chi connectivity index (χ0) is 10.6. The number of nitrogens with zero attached hydrogens (tertiary/aromatic N) is 2. The smallest absolute Gasteiger partial charge is 0.243 e. The number of sulfonamides is 1. The summed E-state index contributed by atoms with van der Waals surface area (Å²) in [5.74, 6) is 0. The van der Waals surface area contributed by atoms with Gasteiger partial charge in [0.25, 0.3) is 0 Å². The average Bonchev–Trinajstić information content (AvgIpc) is 2.54. The summed E-state index contributed by atoms with van der Waals surface area (Å²) in [5, 5.41) is 14.3. The first kappa shape index (κ1) is 10.7. The Kier molecular flexibility index (Phi) is 3.22. The molecule has 7 heteroatoms. The molecule has 2 N–H and O–H groups in total. The lowest BCUT2D eigenvalue weighted by molar-refractivity contribution is 0.563. The van der Waals surface area contributed by atoms with Gasteiger partial charge in [0.2, 0.25) is 10.0 Å². The fourth-order valence-corrected chi connectivity index (χ4v) is 2.05. The molecule has 14 heavy (non-hydrogen) atoms. The zero-order valence-corrected chi connectivity index (χ0v) is 8.37. The Morgan fingerprint density at radius 1 is 1.79 bits per heavy atom. The number of H-pyrrole nitrogens is 1. The summed E-state index contributed by atoms with van der Waals surface area (Å²) in [6.45, 7) is 1.63. The molecule has 1 rings (SSSR count). The molecule has 0 aliphatic carbocycles. The van der Waals surface area contributed by atoms with Crippen LogP contribution in [0.1, 0.15) is 13.3 Å². The Bertz CT molecular complexity index is 417. The van der Waals surface area contributed by atoms with Crippen molar-refractivity contribution < 1.29 is 8.42 Å². The topological polar surface area (TPSA) is 98.6 Å². The molecule has 76 valence electrons. The largest absolute Gasteiger partial charge is 0.284 e. The van der Waals surface area contributed by atoms with Crippen LogP contribution in [0.2, 0.25) is 0 Å². The number of aromatic amines is 1. The second kappa shape index (κ2) is 4.21. The molecule has 1 atom stereocenters. The number of aromatic nitrogens is 2. The number of hydrogen-bond acceptors (Lipinski definition) is 4. The van der Waals surface area contributed by atoms with Crippen LogP contribution in [0.4, 0.5) is 0 Å². The minimum Gasteiger partial charge on any atom is -0.284 e. The van der Waals surface area contributed by atoms with Gasteiger partial charge < -0.3 is 0 Å². The van der Waals surface area contributed by atoms with Crippen LogP contribution in [0.25, 0.3) is 0 Å². The number of nitrogens with one attached hydrogen (secondary N) is 2. The van der Waals surface area contributed by atoms with Crippen molar-refractivity contribution in [2.75, 3.05) is 0 Å². The average molecular weight is 214 g/mol. The van der Waals surface area contributed by atoms with Crippen molar-refractivity contribution in [2.45, 2.75) is 24.3 Å². The number of rotatable bonds is 4. The van der Waals surface area contributed by atoms with Gasteiger partial charge in [0.05, 0.1) is 18.7 Å². The molecule has 0 radical (unpaired) electrons. The summed E-state index contributed by atoms with van der Waals surface area (Å²) in [6.07, 6.45) is 2.62. The molecule has 0 fully saturated rings. The highest BCUT2D eigenvalue weighted by Crippen LogP contribution is 2.05. The Hall–Kier alpha value is -1.39. The van der Waals surface area contributed by atoms with E-state index in [0.29, 0.717) is 0 Å². The van der Waals surface area contributed by atoms with Crippen LogP contribution in [-0.4, -0.2) is 24.7 Å². The van der Waals surface area contributed by atoms with E-state index in [2.05, 4.69) is 14.9 Å². The first-order chi connectivity index (χ1) is 6.56. The molecule has 0 aromatic carbocycles. The second-order valence-electron chi connectivity index (χ2n) is 2.82. The van der Waals surface area contributed by atoms with Gasteiger partial charge in [-0.15, -0.1) is 0 Å². The zero-order valence-electron chi connectivity index (χ0n) is 7.56. The van der Waals surface area contributed by atoms with Gasteiger partial charge in [0.1, 0.15) is 4.90 Å². The molecule has 0 saturated carbocycles. The Balaban J connectivity index is 2.74. The lowest BCUT2D eigenvalue weighted by atomic mass is 10.3. The van der Waals surface area contributed by atoms with Crippen molar-refractivity contribution in [3.63, 3.8) is 0 Å². The first-order valence-electron chi connectivity index (χ1n) is 3.94. The highest BCUT2D eigenvalue weighted by atomic mass is 32.2. The maximum Gasteiger partial charge on any atom is 0.243 e. The third kappa shape index (κ3) is 2.55. The monoisotopic (exact) mass is 214 g/mol. The molecule has 1 unspecified atom stereocenters. The van der Waals surface area contributed by atoms with Crippen molar-refractivity contribution in [2.24, 2.45) is 0 Å². The van der Waals surface area contributed by atoms with Crippen LogP contribution >= 0.6 is 0 Å². The van der Waals surface area contributed by atoms with Gasteiger partial charge in [-0.3, -0.25) is 5.10 Å². The van der Waals surface area contributed by atoms with Crippen molar-refractivity contribution >= 4 is 10.0 Å². The van der Waals surface area contributed by atoms with E-state index >= 15 is 0 Å². The molecule has 1 aromatic heterocycles. The van der Waals surface area contributed by atoms with Crippen LogP contribution in [-0.2, 0) is 10.0 Å². The molecule has 0 aliphatic heterocycles. The van der Waals surface area contributed by atoms with Crippen molar-refractivity contribution in [1.82, 2.24) is 14.9 Å². The van der Waals surface area contributed by atoms with Gasteiger partial charge in [-0.2, -0.15) is 10.4 Å². The van der Waals surface area contributed by atoms with Gasteiger partial charge in [0.15, 0.2) is 0 Å². The van der Waals surface area contributed by atoms with Crippen molar-refractivity contribution in [1.29, 1.82) is 5.26 Å². The predicted octanol–water partition coefficient (Wildman–Crippen LogP) is -0.00982. The van der Waals surface area contributed by atoms with E-state index in [1.807, 2.05) is 6.07 Å². The van der Waals surface area contributed by atoms with E-state index in [1.54, 1.807) is 6.92 Å². The Labute approximate surface area is 82.0 Å². The molecule has 0 amide bonds. The first-order valence-corrected chi connectivity index (χ1v) is 5.42. The fraction of sp³-hybridized carbons (Fsp3) is 0.429. The third-order valence-corrected chi connectivity index (χ3v) is 3.09. The molecular formula is C7H10N4O2S. The summed E-state index contributed by atoms with van der Waals surface area (Å²) in [7, 11) is -3.53. The van der Waals surface area contributed by atoms with Crippen LogP contribution < -0.4 is 4.72 Å². The van der Waals surface area contributed by atoms with Crippen molar-refractivity contribution in [3.05, 3.63) is 12.4 Å². The third-order valence-electron chi connectivity index (χ3n) is 1.54. The summed E-state index contributed by atoms with van der Waals surface area (Å²) in [5.41, 5.74) is 0. The van der Waals surface area contributed by atoms with E-state index < -0.39 is 16.1 Å². The second-order valence-corrected chi connectivity index (χ2v) is 4.53. The van der Waals surface area contributed by atoms with Crippen molar-refractivity contribution in [3.8, 4) is 6.07 Å². The van der Waals surface area contributed by atoms with Crippen LogP contribution in [0.3, 0.4) is 0 Å². The molecule has 6 nitrogen and oxygen atoms in total. The summed E-state index contributed by atoms with van der Waals surface area (Å²) in [6, 6.07) is 1.48. The van der Waals surface area contributed by atoms with Crippen LogP contribution in [0.5, 0.6) is 0 Å². The molecule has 0 saturated heterocycles. The normalized spacial score (nSPS) is 13.4. The van der Waals surface area contributed by atoms with E-state index in [0.717, 1.165) is 0 Å². The number of nitriles is 1. The fourth-order valence-electron chi connectivity index (χ4n) is 0.898.